The zero-order chi connectivity index (χ0) is 12.3. The van der Waals surface area contributed by atoms with Crippen LogP contribution in [0.15, 0.2) is 24.3 Å². The fourth-order valence-electron chi connectivity index (χ4n) is 1.51. The predicted octanol–water partition coefficient (Wildman–Crippen LogP) is 0.323. The van der Waals surface area contributed by atoms with Gasteiger partial charge in [0.2, 0.25) is 6.10 Å². The third kappa shape index (κ3) is 2.88. The number of hydrogen-bond donors (Lipinski definition) is 2. The Balaban J connectivity index is 1.95. The average Bonchev–Trinajstić information content (AvgIpc) is 2.35. The lowest BCUT2D eigenvalue weighted by atomic mass is 10.2. The number of nitrogens with one attached hydrogen (secondary N) is 1. The van der Waals surface area contributed by atoms with Crippen LogP contribution in [-0.2, 0) is 4.79 Å². The Morgan fingerprint density at radius 1 is 1.53 bits per heavy atom. The smallest absolute Gasteiger partial charge is 0.264 e. The molecule has 0 aliphatic carbocycles. The number of fused-ring (bicyclic) bond motifs is 1. The number of ether oxygens (including phenoxy) is 2. The Bertz CT molecular complexity index is 405. The molecule has 0 fully saturated rings. The first-order valence-electron chi connectivity index (χ1n) is 5.51. The number of aliphatic hydroxyl groups is 1. The van der Waals surface area contributed by atoms with Crippen molar-refractivity contribution in [3.8, 4) is 11.5 Å². The summed E-state index contributed by atoms with van der Waals surface area (Å²) in [6, 6.07) is 7.21. The summed E-state index contributed by atoms with van der Waals surface area (Å²) in [6.07, 6.45) is -1.24. The van der Waals surface area contributed by atoms with Crippen LogP contribution in [0.1, 0.15) is 6.92 Å². The van der Waals surface area contributed by atoms with Gasteiger partial charge < -0.3 is 19.9 Å². The van der Waals surface area contributed by atoms with E-state index in [2.05, 4.69) is 5.32 Å². The molecule has 2 rings (SSSR count). The van der Waals surface area contributed by atoms with Gasteiger partial charge in [0.05, 0.1) is 6.10 Å². The van der Waals surface area contributed by atoms with Gasteiger partial charge in [-0.05, 0) is 19.1 Å². The summed E-state index contributed by atoms with van der Waals surface area (Å²) in [5, 5.41) is 11.7. The highest BCUT2D eigenvalue weighted by atomic mass is 16.6. The van der Waals surface area contributed by atoms with E-state index in [1.54, 1.807) is 19.1 Å². The van der Waals surface area contributed by atoms with Crippen molar-refractivity contribution in [3.63, 3.8) is 0 Å². The van der Waals surface area contributed by atoms with E-state index in [-0.39, 0.29) is 19.1 Å². The van der Waals surface area contributed by atoms with E-state index in [1.807, 2.05) is 12.1 Å². The van der Waals surface area contributed by atoms with E-state index >= 15 is 0 Å². The molecule has 1 aliphatic heterocycles. The van der Waals surface area contributed by atoms with Crippen LogP contribution in [0.25, 0.3) is 0 Å². The minimum atomic E-state index is -0.663. The largest absolute Gasteiger partial charge is 0.485 e. The SMILES string of the molecule is C[C@H](O)CNC(=O)C1COc2ccccc2O1. The van der Waals surface area contributed by atoms with Gasteiger partial charge in [0.25, 0.3) is 5.91 Å². The van der Waals surface area contributed by atoms with Gasteiger partial charge in [-0.25, -0.2) is 0 Å². The van der Waals surface area contributed by atoms with Crippen LogP contribution in [0.2, 0.25) is 0 Å². The maximum atomic E-state index is 11.7. The Hall–Kier alpha value is -1.75. The van der Waals surface area contributed by atoms with Crippen molar-refractivity contribution in [2.24, 2.45) is 0 Å². The Kier molecular flexibility index (Phi) is 3.49. The molecule has 5 heteroatoms. The molecule has 1 heterocycles. The molecule has 0 saturated carbocycles. The highest BCUT2D eigenvalue weighted by Crippen LogP contribution is 2.30. The first kappa shape index (κ1) is 11.7. The van der Waals surface area contributed by atoms with Crippen molar-refractivity contribution in [1.82, 2.24) is 5.32 Å². The number of hydrogen-bond acceptors (Lipinski definition) is 4. The van der Waals surface area contributed by atoms with Gasteiger partial charge in [-0.3, -0.25) is 4.79 Å². The summed E-state index contributed by atoms with van der Waals surface area (Å²) in [6.45, 7) is 2.00. The normalized spacial score (nSPS) is 19.5. The molecular weight excluding hydrogens is 222 g/mol. The van der Waals surface area contributed by atoms with E-state index in [0.29, 0.717) is 11.5 Å². The fraction of sp³-hybridized carbons (Fsp3) is 0.417. The maximum absolute atomic E-state index is 11.7. The van der Waals surface area contributed by atoms with Gasteiger partial charge in [-0.2, -0.15) is 0 Å². The molecule has 1 amide bonds. The predicted molar refractivity (Wildman–Crippen MR) is 61.0 cm³/mol. The summed E-state index contributed by atoms with van der Waals surface area (Å²) in [5.41, 5.74) is 0. The van der Waals surface area contributed by atoms with Crippen LogP contribution >= 0.6 is 0 Å². The summed E-state index contributed by atoms with van der Waals surface area (Å²) in [4.78, 5) is 11.7. The van der Waals surface area contributed by atoms with Crippen molar-refractivity contribution in [1.29, 1.82) is 0 Å². The first-order chi connectivity index (χ1) is 8.16. The second-order valence-electron chi connectivity index (χ2n) is 3.96. The average molecular weight is 237 g/mol. The third-order valence-corrected chi connectivity index (χ3v) is 2.37. The molecule has 0 saturated heterocycles. The van der Waals surface area contributed by atoms with E-state index < -0.39 is 12.2 Å². The summed E-state index contributed by atoms with van der Waals surface area (Å²) in [5.74, 6) is 0.934. The lowest BCUT2D eigenvalue weighted by Crippen LogP contribution is -2.45. The topological polar surface area (TPSA) is 67.8 Å². The molecule has 0 spiro atoms. The Morgan fingerprint density at radius 2 is 2.24 bits per heavy atom. The molecule has 2 atom stereocenters. The monoisotopic (exact) mass is 237 g/mol. The quantitative estimate of drug-likeness (QED) is 0.794. The third-order valence-electron chi connectivity index (χ3n) is 2.37. The number of para-hydroxylation sites is 2. The zero-order valence-electron chi connectivity index (χ0n) is 9.55. The molecule has 0 radical (unpaired) electrons. The molecule has 92 valence electrons. The number of aliphatic hydroxyl groups excluding tert-OH is 1. The van der Waals surface area contributed by atoms with E-state index in [1.165, 1.54) is 0 Å². The van der Waals surface area contributed by atoms with Crippen LogP contribution in [0, 0.1) is 0 Å². The first-order valence-corrected chi connectivity index (χ1v) is 5.51. The number of carbonyl (C=O) groups is 1. The number of benzene rings is 1. The van der Waals surface area contributed by atoms with Crippen molar-refractivity contribution in [3.05, 3.63) is 24.3 Å². The summed E-state index contributed by atoms with van der Waals surface area (Å²) >= 11 is 0. The Morgan fingerprint density at radius 3 is 2.94 bits per heavy atom. The molecule has 17 heavy (non-hydrogen) atoms. The number of amides is 1. The van der Waals surface area contributed by atoms with E-state index in [4.69, 9.17) is 14.6 Å². The van der Waals surface area contributed by atoms with Crippen LogP contribution in [-0.4, -0.2) is 36.4 Å². The van der Waals surface area contributed by atoms with Crippen LogP contribution < -0.4 is 14.8 Å². The summed E-state index contributed by atoms with van der Waals surface area (Å²) < 4.78 is 10.9. The molecule has 1 unspecified atom stereocenters. The van der Waals surface area contributed by atoms with Gasteiger partial charge >= 0.3 is 0 Å². The lowest BCUT2D eigenvalue weighted by Gasteiger charge is -2.25. The standard InChI is InChI=1S/C12H15NO4/c1-8(14)6-13-12(15)11-7-16-9-4-2-3-5-10(9)17-11/h2-5,8,11,14H,6-7H2,1H3,(H,13,15)/t8-,11?/m0/s1. The maximum Gasteiger partial charge on any atom is 0.264 e. The second-order valence-corrected chi connectivity index (χ2v) is 3.96. The lowest BCUT2D eigenvalue weighted by molar-refractivity contribution is -0.130. The van der Waals surface area contributed by atoms with Gasteiger partial charge in [0.15, 0.2) is 11.5 Å². The summed E-state index contributed by atoms with van der Waals surface area (Å²) in [7, 11) is 0. The van der Waals surface area contributed by atoms with Gasteiger partial charge in [-0.15, -0.1) is 0 Å². The molecule has 1 aromatic carbocycles. The van der Waals surface area contributed by atoms with Crippen LogP contribution in [0.5, 0.6) is 11.5 Å². The van der Waals surface area contributed by atoms with E-state index in [9.17, 15) is 4.79 Å². The van der Waals surface area contributed by atoms with Crippen molar-refractivity contribution in [2.75, 3.05) is 13.2 Å². The van der Waals surface area contributed by atoms with Crippen molar-refractivity contribution >= 4 is 5.91 Å². The van der Waals surface area contributed by atoms with E-state index in [0.717, 1.165) is 0 Å². The Labute approximate surface area is 99.3 Å². The van der Waals surface area contributed by atoms with Crippen molar-refractivity contribution in [2.45, 2.75) is 19.1 Å². The highest BCUT2D eigenvalue weighted by Gasteiger charge is 2.26. The minimum Gasteiger partial charge on any atom is -0.485 e. The number of rotatable bonds is 3. The molecule has 1 aromatic rings. The molecule has 1 aliphatic rings. The van der Waals surface area contributed by atoms with Gasteiger partial charge in [0.1, 0.15) is 6.61 Å². The second kappa shape index (κ2) is 5.05. The molecule has 2 N–H and O–H groups in total. The van der Waals surface area contributed by atoms with Crippen molar-refractivity contribution < 1.29 is 19.4 Å². The molecule has 0 aromatic heterocycles. The molecule has 5 nitrogen and oxygen atoms in total. The fourth-order valence-corrected chi connectivity index (χ4v) is 1.51. The van der Waals surface area contributed by atoms with Gasteiger partial charge in [-0.1, -0.05) is 12.1 Å². The zero-order valence-corrected chi connectivity index (χ0v) is 9.55. The molecule has 0 bridgehead atoms. The van der Waals surface area contributed by atoms with Crippen LogP contribution in [0.4, 0.5) is 0 Å². The number of carbonyl (C=O) groups excluding carboxylic acids is 1. The minimum absolute atomic E-state index is 0.183. The van der Waals surface area contributed by atoms with Crippen LogP contribution in [0.3, 0.4) is 0 Å². The molecular formula is C12H15NO4. The van der Waals surface area contributed by atoms with Gasteiger partial charge in [0, 0.05) is 6.54 Å². The highest BCUT2D eigenvalue weighted by molar-refractivity contribution is 5.81.